The average molecular weight is 392 g/mol. The second-order valence-electron chi connectivity index (χ2n) is 7.75. The Morgan fingerprint density at radius 3 is 2.69 bits per heavy atom. The van der Waals surface area contributed by atoms with Gasteiger partial charge in [-0.2, -0.15) is 0 Å². The van der Waals surface area contributed by atoms with Crippen LogP contribution in [0.5, 0.6) is 0 Å². The Morgan fingerprint density at radius 1 is 1.17 bits per heavy atom. The molecule has 0 spiro atoms. The highest BCUT2D eigenvalue weighted by Gasteiger charge is 2.25. The van der Waals surface area contributed by atoms with Crippen molar-refractivity contribution in [1.82, 2.24) is 19.5 Å². The van der Waals surface area contributed by atoms with E-state index in [9.17, 15) is 10.1 Å². The van der Waals surface area contributed by atoms with Crippen LogP contribution in [0.2, 0.25) is 0 Å². The van der Waals surface area contributed by atoms with Gasteiger partial charge in [0.1, 0.15) is 11.6 Å². The number of fused-ring (bicyclic) bond motifs is 1. The van der Waals surface area contributed by atoms with E-state index in [-0.39, 0.29) is 5.69 Å². The van der Waals surface area contributed by atoms with Crippen LogP contribution in [0.1, 0.15) is 42.7 Å². The molecule has 0 N–H and O–H groups in total. The maximum Gasteiger partial charge on any atom is 0.270 e. The molecule has 1 aliphatic heterocycles. The highest BCUT2D eigenvalue weighted by molar-refractivity contribution is 5.61. The molecule has 3 heterocycles. The summed E-state index contributed by atoms with van der Waals surface area (Å²) in [6.45, 7) is 7.77. The van der Waals surface area contributed by atoms with Crippen molar-refractivity contribution >= 4 is 11.5 Å². The molecule has 4 rings (SSSR count). The zero-order valence-electron chi connectivity index (χ0n) is 17.1. The molecule has 150 valence electrons. The molecule has 8 nitrogen and oxygen atoms in total. The summed E-state index contributed by atoms with van der Waals surface area (Å²) >= 11 is 0. The molecule has 0 aliphatic carbocycles. The number of aromatic nitrogens is 4. The first kappa shape index (κ1) is 19.0. The molecule has 1 aliphatic rings. The first-order valence-electron chi connectivity index (χ1n) is 9.73. The van der Waals surface area contributed by atoms with Gasteiger partial charge in [-0.1, -0.05) is 26.0 Å². The lowest BCUT2D eigenvalue weighted by molar-refractivity contribution is -0.384. The highest BCUT2D eigenvalue weighted by atomic mass is 16.6. The van der Waals surface area contributed by atoms with Crippen LogP contribution in [0.25, 0.3) is 11.4 Å². The predicted molar refractivity (Wildman–Crippen MR) is 111 cm³/mol. The van der Waals surface area contributed by atoms with E-state index >= 15 is 0 Å². The Morgan fingerprint density at radius 2 is 1.97 bits per heavy atom. The first-order valence-corrected chi connectivity index (χ1v) is 9.73. The van der Waals surface area contributed by atoms with Crippen LogP contribution in [0.3, 0.4) is 0 Å². The standard InChI is InChI=1S/C21H24N6O2/c1-13(2)21-23-17-12-26(9-8-18(17)25(21)4)19-10-14(3)22-20(24-19)15-6-5-7-16(11-15)27(28)29/h5-7,10-11,13H,8-9,12H2,1-4H3. The molecular formula is C21H24N6O2. The topological polar surface area (TPSA) is 90.0 Å². The minimum atomic E-state index is -0.403. The quantitative estimate of drug-likeness (QED) is 0.496. The van der Waals surface area contributed by atoms with Crippen molar-refractivity contribution in [3.63, 3.8) is 0 Å². The number of benzene rings is 1. The van der Waals surface area contributed by atoms with Crippen LogP contribution in [-0.4, -0.2) is 31.0 Å². The van der Waals surface area contributed by atoms with E-state index in [1.54, 1.807) is 12.1 Å². The van der Waals surface area contributed by atoms with Gasteiger partial charge in [-0.05, 0) is 6.92 Å². The summed E-state index contributed by atoms with van der Waals surface area (Å²) in [5.74, 6) is 2.80. The average Bonchev–Trinajstić information content (AvgIpc) is 3.04. The van der Waals surface area contributed by atoms with Crippen LogP contribution in [0.4, 0.5) is 11.5 Å². The van der Waals surface area contributed by atoms with E-state index in [2.05, 4.69) is 35.3 Å². The fourth-order valence-corrected chi connectivity index (χ4v) is 3.86. The SMILES string of the molecule is Cc1cc(N2CCc3c(nc(C(C)C)n3C)C2)nc(-c2cccc([N+](=O)[O-])c2)n1. The van der Waals surface area contributed by atoms with Crippen molar-refractivity contribution in [3.05, 3.63) is 63.4 Å². The lowest BCUT2D eigenvalue weighted by atomic mass is 10.1. The van der Waals surface area contributed by atoms with Gasteiger partial charge in [0.2, 0.25) is 0 Å². The molecular weight excluding hydrogens is 368 g/mol. The fourth-order valence-electron chi connectivity index (χ4n) is 3.86. The van der Waals surface area contributed by atoms with Gasteiger partial charge in [0.25, 0.3) is 5.69 Å². The Hall–Kier alpha value is -3.29. The smallest absolute Gasteiger partial charge is 0.270 e. The van der Waals surface area contributed by atoms with E-state index in [1.165, 1.54) is 17.8 Å². The molecule has 0 fully saturated rings. The maximum absolute atomic E-state index is 11.1. The Bertz CT molecular complexity index is 1090. The van der Waals surface area contributed by atoms with Crippen molar-refractivity contribution in [1.29, 1.82) is 0 Å². The van der Waals surface area contributed by atoms with E-state index in [4.69, 9.17) is 9.97 Å². The van der Waals surface area contributed by atoms with Crippen molar-refractivity contribution in [3.8, 4) is 11.4 Å². The summed E-state index contributed by atoms with van der Waals surface area (Å²) in [5.41, 5.74) is 3.88. The number of aryl methyl sites for hydroxylation is 1. The lowest BCUT2D eigenvalue weighted by Crippen LogP contribution is -2.32. The molecule has 29 heavy (non-hydrogen) atoms. The first-order chi connectivity index (χ1) is 13.8. The molecule has 8 heteroatoms. The van der Waals surface area contributed by atoms with Gasteiger partial charge >= 0.3 is 0 Å². The van der Waals surface area contributed by atoms with E-state index < -0.39 is 4.92 Å². The van der Waals surface area contributed by atoms with E-state index in [0.29, 0.717) is 23.9 Å². The van der Waals surface area contributed by atoms with Crippen molar-refractivity contribution in [2.24, 2.45) is 7.05 Å². The van der Waals surface area contributed by atoms with Crippen LogP contribution < -0.4 is 4.90 Å². The molecule has 0 amide bonds. The summed E-state index contributed by atoms with van der Waals surface area (Å²) < 4.78 is 2.22. The van der Waals surface area contributed by atoms with Gasteiger partial charge in [-0.25, -0.2) is 15.0 Å². The number of rotatable bonds is 4. The monoisotopic (exact) mass is 392 g/mol. The van der Waals surface area contributed by atoms with Gasteiger partial charge in [0, 0.05) is 61.1 Å². The van der Waals surface area contributed by atoms with Crippen molar-refractivity contribution < 1.29 is 4.92 Å². The van der Waals surface area contributed by atoms with Crippen molar-refractivity contribution in [2.75, 3.05) is 11.4 Å². The fraction of sp³-hybridized carbons (Fsp3) is 0.381. The molecule has 0 saturated heterocycles. The zero-order chi connectivity index (χ0) is 20.7. The lowest BCUT2D eigenvalue weighted by Gasteiger charge is -2.28. The van der Waals surface area contributed by atoms with Crippen LogP contribution in [0.15, 0.2) is 30.3 Å². The third-order valence-corrected chi connectivity index (χ3v) is 5.29. The van der Waals surface area contributed by atoms with E-state index in [0.717, 1.165) is 36.0 Å². The highest BCUT2D eigenvalue weighted by Crippen LogP contribution is 2.28. The minimum absolute atomic E-state index is 0.0338. The number of hydrogen-bond donors (Lipinski definition) is 0. The molecule has 0 saturated carbocycles. The number of nitro groups is 1. The Labute approximate surface area is 169 Å². The second-order valence-corrected chi connectivity index (χ2v) is 7.75. The third-order valence-electron chi connectivity index (χ3n) is 5.29. The molecule has 0 atom stereocenters. The van der Waals surface area contributed by atoms with Crippen LogP contribution in [0, 0.1) is 17.0 Å². The maximum atomic E-state index is 11.1. The molecule has 0 unspecified atom stereocenters. The molecule has 3 aromatic rings. The largest absolute Gasteiger partial charge is 0.350 e. The van der Waals surface area contributed by atoms with Gasteiger partial charge in [0.15, 0.2) is 5.82 Å². The van der Waals surface area contributed by atoms with Gasteiger partial charge in [-0.3, -0.25) is 10.1 Å². The Kier molecular flexibility index (Phi) is 4.77. The molecule has 0 radical (unpaired) electrons. The normalized spacial score (nSPS) is 13.6. The number of nitro benzene ring substituents is 1. The number of imidazole rings is 1. The number of nitrogens with zero attached hydrogens (tertiary/aromatic N) is 6. The summed E-state index contributed by atoms with van der Waals surface area (Å²) in [4.78, 5) is 27.0. The number of non-ortho nitro benzene ring substituents is 1. The molecule has 0 bridgehead atoms. The predicted octanol–water partition coefficient (Wildman–Crippen LogP) is 3.78. The summed E-state index contributed by atoms with van der Waals surface area (Å²) in [6, 6.07) is 8.40. The second kappa shape index (κ2) is 7.27. The van der Waals surface area contributed by atoms with E-state index in [1.807, 2.05) is 13.0 Å². The van der Waals surface area contributed by atoms with Gasteiger partial charge < -0.3 is 9.47 Å². The number of hydrogen-bond acceptors (Lipinski definition) is 6. The summed E-state index contributed by atoms with van der Waals surface area (Å²) in [7, 11) is 2.09. The molecule has 2 aromatic heterocycles. The van der Waals surface area contributed by atoms with Gasteiger partial charge in [0.05, 0.1) is 17.2 Å². The molecule has 1 aromatic carbocycles. The summed E-state index contributed by atoms with van der Waals surface area (Å²) in [6.07, 6.45) is 0.904. The summed E-state index contributed by atoms with van der Waals surface area (Å²) in [5, 5.41) is 11.1. The zero-order valence-corrected chi connectivity index (χ0v) is 17.1. The number of anilines is 1. The van der Waals surface area contributed by atoms with Crippen LogP contribution in [-0.2, 0) is 20.0 Å². The van der Waals surface area contributed by atoms with Gasteiger partial charge in [-0.15, -0.1) is 0 Å². The minimum Gasteiger partial charge on any atom is -0.350 e. The Balaban J connectivity index is 1.68. The van der Waals surface area contributed by atoms with Crippen LogP contribution >= 0.6 is 0 Å². The van der Waals surface area contributed by atoms with Crippen molar-refractivity contribution in [2.45, 2.75) is 39.7 Å². The third kappa shape index (κ3) is 3.57.